The molecule has 8 atom stereocenters. The van der Waals surface area contributed by atoms with Crippen molar-refractivity contribution in [3.05, 3.63) is 22.8 Å². The Hall–Kier alpha value is -0.930. The number of ether oxygens (including phenoxy) is 2. The van der Waals surface area contributed by atoms with E-state index in [9.17, 15) is 4.79 Å². The lowest BCUT2D eigenvalue weighted by atomic mass is 9.43. The van der Waals surface area contributed by atoms with Crippen molar-refractivity contribution in [3.8, 4) is 0 Å². The first-order valence-corrected chi connectivity index (χ1v) is 14.0. The third-order valence-corrected chi connectivity index (χ3v) is 12.3. The molecular weight excluding hydrogens is 420 g/mol. The predicted octanol–water partition coefficient (Wildman–Crippen LogP) is 7.65. The number of methoxy groups -OCH3 is 1. The molecule has 34 heavy (non-hydrogen) atoms. The average molecular weight is 469 g/mol. The Kier molecular flexibility index (Phi) is 5.85. The summed E-state index contributed by atoms with van der Waals surface area (Å²) in [6, 6.07) is 0. The molecule has 2 fully saturated rings. The molecule has 1 aliphatic heterocycles. The van der Waals surface area contributed by atoms with Crippen LogP contribution >= 0.6 is 0 Å². The Morgan fingerprint density at radius 3 is 2.44 bits per heavy atom. The molecule has 0 aromatic heterocycles. The molecule has 0 aromatic carbocycles. The number of rotatable bonds is 3. The molecule has 5 aliphatic rings. The summed E-state index contributed by atoms with van der Waals surface area (Å²) in [5.41, 5.74) is 5.40. The van der Waals surface area contributed by atoms with Crippen molar-refractivity contribution in [1.82, 2.24) is 0 Å². The van der Waals surface area contributed by atoms with Crippen molar-refractivity contribution in [2.75, 3.05) is 7.11 Å². The Morgan fingerprint density at radius 2 is 1.74 bits per heavy atom. The molecule has 4 aliphatic carbocycles. The summed E-state index contributed by atoms with van der Waals surface area (Å²) in [4.78, 5) is 12.9. The standard InChI is InChI=1S/C31H48O3/c1-19-9-11-24(34-27(19)33-8)20(2)21-13-17-31(7)23-10-12-25-28(3,4)26(32)15-16-29(25,5)22(23)14-18-30(21,31)6/h9,20-21,24-25,27H,10-18H2,1-8H3/t20-,21+,24-,25-,27-,29+,30+,31-/m0/s1. The van der Waals surface area contributed by atoms with Gasteiger partial charge >= 0.3 is 0 Å². The summed E-state index contributed by atoms with van der Waals surface area (Å²) >= 11 is 0. The van der Waals surface area contributed by atoms with Gasteiger partial charge in [-0.2, -0.15) is 0 Å². The third kappa shape index (κ3) is 3.17. The molecular formula is C31H48O3. The van der Waals surface area contributed by atoms with Gasteiger partial charge in [0.15, 0.2) is 6.29 Å². The molecule has 2 saturated carbocycles. The Labute approximate surface area is 208 Å². The molecule has 0 radical (unpaired) electrons. The number of hydrogen-bond acceptors (Lipinski definition) is 3. The highest BCUT2D eigenvalue weighted by atomic mass is 16.7. The van der Waals surface area contributed by atoms with Crippen LogP contribution < -0.4 is 0 Å². The SMILES string of the molecule is CO[C@H]1O[C@H]([C@@H](C)[C@H]2CC[C@@]3(C)C4=C(CC[C@]23C)[C@@]2(C)CCC(=O)C(C)(C)[C@@H]2CC4)CC=C1C. The number of carbonyl (C=O) groups excluding carboxylic acids is 1. The van der Waals surface area contributed by atoms with Gasteiger partial charge in [-0.3, -0.25) is 4.79 Å². The quantitative estimate of drug-likeness (QED) is 0.399. The molecule has 0 saturated heterocycles. The van der Waals surface area contributed by atoms with E-state index < -0.39 is 0 Å². The zero-order valence-electron chi connectivity index (χ0n) is 23.1. The van der Waals surface area contributed by atoms with E-state index in [0.29, 0.717) is 29.0 Å². The zero-order valence-corrected chi connectivity index (χ0v) is 23.1. The number of hydrogen-bond donors (Lipinski definition) is 0. The molecule has 0 bridgehead atoms. The van der Waals surface area contributed by atoms with Gasteiger partial charge in [0, 0.05) is 18.9 Å². The first kappa shape index (κ1) is 24.8. The normalized spacial score (nSPS) is 46.9. The molecule has 0 aromatic rings. The van der Waals surface area contributed by atoms with Crippen LogP contribution in [0, 0.1) is 39.4 Å². The van der Waals surface area contributed by atoms with Gasteiger partial charge in [0.05, 0.1) is 6.10 Å². The lowest BCUT2D eigenvalue weighted by Gasteiger charge is -2.61. The van der Waals surface area contributed by atoms with Crippen molar-refractivity contribution in [2.45, 2.75) is 119 Å². The summed E-state index contributed by atoms with van der Waals surface area (Å²) in [5, 5.41) is 0. The monoisotopic (exact) mass is 468 g/mol. The maximum absolute atomic E-state index is 12.9. The van der Waals surface area contributed by atoms with Gasteiger partial charge in [0.25, 0.3) is 0 Å². The van der Waals surface area contributed by atoms with E-state index in [1.54, 1.807) is 18.3 Å². The van der Waals surface area contributed by atoms with Gasteiger partial charge in [-0.15, -0.1) is 0 Å². The van der Waals surface area contributed by atoms with Gasteiger partial charge in [-0.1, -0.05) is 58.8 Å². The molecule has 0 unspecified atom stereocenters. The number of allylic oxidation sites excluding steroid dienone is 2. The van der Waals surface area contributed by atoms with E-state index >= 15 is 0 Å². The van der Waals surface area contributed by atoms with E-state index in [-0.39, 0.29) is 28.6 Å². The Morgan fingerprint density at radius 1 is 1.00 bits per heavy atom. The summed E-state index contributed by atoms with van der Waals surface area (Å²) < 4.78 is 12.1. The summed E-state index contributed by atoms with van der Waals surface area (Å²) in [5.74, 6) is 2.19. The minimum absolute atomic E-state index is 0.179. The number of carbonyl (C=O) groups is 1. The molecule has 0 amide bonds. The van der Waals surface area contributed by atoms with E-state index in [2.05, 4.69) is 54.5 Å². The van der Waals surface area contributed by atoms with Crippen LogP contribution in [0.2, 0.25) is 0 Å². The Balaban J connectivity index is 1.46. The van der Waals surface area contributed by atoms with Crippen molar-refractivity contribution in [1.29, 1.82) is 0 Å². The fourth-order valence-electron chi connectivity index (χ4n) is 9.93. The van der Waals surface area contributed by atoms with Crippen molar-refractivity contribution >= 4 is 5.78 Å². The Bertz CT molecular complexity index is 927. The van der Waals surface area contributed by atoms with Crippen LogP contribution in [-0.2, 0) is 14.3 Å². The second-order valence-electron chi connectivity index (χ2n) is 13.8. The fraction of sp³-hybridized carbons (Fsp3) is 0.839. The zero-order chi connectivity index (χ0) is 24.7. The second-order valence-corrected chi connectivity index (χ2v) is 13.8. The van der Waals surface area contributed by atoms with E-state index in [1.807, 2.05) is 0 Å². The molecule has 0 spiro atoms. The molecule has 3 heteroatoms. The average Bonchev–Trinajstić information content (AvgIpc) is 3.08. The minimum atomic E-state index is -0.185. The largest absolute Gasteiger partial charge is 0.352 e. The van der Waals surface area contributed by atoms with Gasteiger partial charge in [0.1, 0.15) is 5.78 Å². The highest BCUT2D eigenvalue weighted by Gasteiger charge is 2.63. The van der Waals surface area contributed by atoms with Gasteiger partial charge < -0.3 is 9.47 Å². The molecule has 0 N–H and O–H groups in total. The van der Waals surface area contributed by atoms with E-state index in [4.69, 9.17) is 9.47 Å². The van der Waals surface area contributed by atoms with Crippen molar-refractivity contribution in [2.24, 2.45) is 39.4 Å². The maximum atomic E-state index is 12.9. The first-order chi connectivity index (χ1) is 15.9. The van der Waals surface area contributed by atoms with Crippen molar-refractivity contribution in [3.63, 3.8) is 0 Å². The van der Waals surface area contributed by atoms with Crippen molar-refractivity contribution < 1.29 is 14.3 Å². The smallest absolute Gasteiger partial charge is 0.179 e. The second kappa shape index (κ2) is 8.04. The van der Waals surface area contributed by atoms with Gasteiger partial charge in [-0.05, 0) is 97.9 Å². The number of Topliss-reactive ketones (excluding diaryl/α,β-unsaturated/α-hetero) is 1. The maximum Gasteiger partial charge on any atom is 0.179 e. The van der Waals surface area contributed by atoms with Crippen LogP contribution in [0.1, 0.15) is 106 Å². The van der Waals surface area contributed by atoms with Crippen LogP contribution in [0.4, 0.5) is 0 Å². The first-order valence-electron chi connectivity index (χ1n) is 14.0. The summed E-state index contributed by atoms with van der Waals surface area (Å²) in [6.45, 7) is 16.8. The van der Waals surface area contributed by atoms with Gasteiger partial charge in [0.2, 0.25) is 0 Å². The van der Waals surface area contributed by atoms with E-state index in [1.165, 1.54) is 44.1 Å². The lowest BCUT2D eigenvalue weighted by Crippen LogP contribution is -2.54. The van der Waals surface area contributed by atoms with Crippen LogP contribution in [0.3, 0.4) is 0 Å². The van der Waals surface area contributed by atoms with Crippen LogP contribution in [0.25, 0.3) is 0 Å². The molecule has 5 rings (SSSR count). The molecule has 190 valence electrons. The summed E-state index contributed by atoms with van der Waals surface area (Å²) in [7, 11) is 1.76. The highest BCUT2D eigenvalue weighted by molar-refractivity contribution is 5.85. The highest BCUT2D eigenvalue weighted by Crippen LogP contribution is 2.72. The topological polar surface area (TPSA) is 35.5 Å². The predicted molar refractivity (Wildman–Crippen MR) is 137 cm³/mol. The summed E-state index contributed by atoms with van der Waals surface area (Å²) in [6.07, 6.45) is 12.7. The molecule has 3 nitrogen and oxygen atoms in total. The minimum Gasteiger partial charge on any atom is -0.352 e. The molecule has 1 heterocycles. The fourth-order valence-corrected chi connectivity index (χ4v) is 9.93. The van der Waals surface area contributed by atoms with Crippen LogP contribution in [0.15, 0.2) is 22.8 Å². The van der Waals surface area contributed by atoms with Crippen LogP contribution in [-0.4, -0.2) is 25.3 Å². The van der Waals surface area contributed by atoms with Gasteiger partial charge in [-0.25, -0.2) is 0 Å². The lowest BCUT2D eigenvalue weighted by molar-refractivity contribution is -0.163. The number of ketones is 1. The van der Waals surface area contributed by atoms with Crippen LogP contribution in [0.5, 0.6) is 0 Å². The van der Waals surface area contributed by atoms with E-state index in [0.717, 1.165) is 19.3 Å². The third-order valence-electron chi connectivity index (χ3n) is 12.3. The number of fused-ring (bicyclic) bond motifs is 4.